The van der Waals surface area contributed by atoms with E-state index in [4.69, 9.17) is 5.11 Å². The summed E-state index contributed by atoms with van der Waals surface area (Å²) in [4.78, 5) is 23.0. The number of alkyl halides is 3. The molecule has 0 aliphatic heterocycles. The molecule has 0 saturated carbocycles. The lowest BCUT2D eigenvalue weighted by Gasteiger charge is -2.17. The summed E-state index contributed by atoms with van der Waals surface area (Å²) in [5.74, 6) is -2.17. The van der Waals surface area contributed by atoms with Crippen molar-refractivity contribution < 1.29 is 41.0 Å². The summed E-state index contributed by atoms with van der Waals surface area (Å²) in [6.07, 6.45) is -4.81. The molecule has 1 aromatic carbocycles. The third-order valence-electron chi connectivity index (χ3n) is 3.09. The molecule has 1 rings (SSSR count). The number of carbonyl (C=O) groups excluding carboxylic acids is 1. The van der Waals surface area contributed by atoms with Crippen molar-refractivity contribution in [3.8, 4) is 5.75 Å². The molecule has 8 nitrogen and oxygen atoms in total. The second kappa shape index (κ2) is 8.85. The van der Waals surface area contributed by atoms with Crippen LogP contribution in [0.4, 0.5) is 13.2 Å². The van der Waals surface area contributed by atoms with Crippen LogP contribution in [0, 0.1) is 0 Å². The molecule has 0 bridgehead atoms. The van der Waals surface area contributed by atoms with Crippen molar-refractivity contribution in [2.24, 2.45) is 0 Å². The van der Waals surface area contributed by atoms with Crippen molar-refractivity contribution in [1.82, 2.24) is 9.62 Å². The van der Waals surface area contributed by atoms with Crippen molar-refractivity contribution >= 4 is 21.9 Å². The minimum atomic E-state index is -4.89. The van der Waals surface area contributed by atoms with Crippen LogP contribution in [0.3, 0.4) is 0 Å². The summed E-state index contributed by atoms with van der Waals surface area (Å²) in [6.45, 7) is -0.441. The van der Waals surface area contributed by atoms with E-state index >= 15 is 0 Å². The lowest BCUT2D eigenvalue weighted by atomic mass is 10.3. The van der Waals surface area contributed by atoms with E-state index in [1.54, 1.807) is 0 Å². The molecule has 2 N–H and O–H groups in total. The van der Waals surface area contributed by atoms with Crippen molar-refractivity contribution in [1.29, 1.82) is 0 Å². The zero-order chi connectivity index (χ0) is 20.0. The Morgan fingerprint density at radius 2 is 1.81 bits per heavy atom. The lowest BCUT2D eigenvalue weighted by molar-refractivity contribution is -0.274. The Hall–Kier alpha value is -2.34. The highest BCUT2D eigenvalue weighted by molar-refractivity contribution is 7.89. The number of likely N-dealkylation sites (N-methyl/N-ethyl adjacent to an activating group) is 1. The molecule has 12 heteroatoms. The van der Waals surface area contributed by atoms with Crippen molar-refractivity contribution in [3.63, 3.8) is 0 Å². The van der Waals surface area contributed by atoms with Gasteiger partial charge in [-0.3, -0.25) is 9.59 Å². The molecule has 0 unspecified atom stereocenters. The summed E-state index contributed by atoms with van der Waals surface area (Å²) < 4.78 is 65.9. The third-order valence-corrected chi connectivity index (χ3v) is 4.51. The summed E-state index contributed by atoms with van der Waals surface area (Å²) in [6, 6.07) is 3.48. The molecule has 0 heterocycles. The highest BCUT2D eigenvalue weighted by Crippen LogP contribution is 2.23. The number of hydrogen-bond donors (Lipinski definition) is 2. The minimum Gasteiger partial charge on any atom is -0.481 e. The van der Waals surface area contributed by atoms with Gasteiger partial charge in [-0.2, -0.15) is 0 Å². The summed E-state index contributed by atoms with van der Waals surface area (Å²) in [7, 11) is -2.72. The number of sulfonamides is 1. The highest BCUT2D eigenvalue weighted by Gasteiger charge is 2.31. The number of nitrogens with one attached hydrogen (secondary N) is 1. The Morgan fingerprint density at radius 1 is 1.23 bits per heavy atom. The van der Waals surface area contributed by atoms with Gasteiger partial charge in [-0.1, -0.05) is 0 Å². The number of amides is 1. The number of carbonyl (C=O) groups is 2. The van der Waals surface area contributed by atoms with Gasteiger partial charge >= 0.3 is 12.3 Å². The Morgan fingerprint density at radius 3 is 2.31 bits per heavy atom. The number of nitrogens with zero attached hydrogens (tertiary/aromatic N) is 1. The monoisotopic (exact) mass is 398 g/mol. The third kappa shape index (κ3) is 7.70. The second-order valence-corrected chi connectivity index (χ2v) is 6.92. The molecule has 26 heavy (non-hydrogen) atoms. The summed E-state index contributed by atoms with van der Waals surface area (Å²) >= 11 is 0. The Bertz CT molecular complexity index is 734. The molecular weight excluding hydrogens is 381 g/mol. The molecule has 146 valence electrons. The van der Waals surface area contributed by atoms with Gasteiger partial charge in [-0.25, -0.2) is 13.1 Å². The first-order valence-corrected chi connectivity index (χ1v) is 8.70. The maximum absolute atomic E-state index is 12.1. The van der Waals surface area contributed by atoms with E-state index in [2.05, 4.69) is 4.74 Å². The number of carboxylic acid groups (broad SMARTS) is 1. The fraction of sp³-hybridized carbons (Fsp3) is 0.429. The largest absolute Gasteiger partial charge is 0.573 e. The molecule has 0 atom stereocenters. The highest BCUT2D eigenvalue weighted by atomic mass is 32.2. The Balaban J connectivity index is 2.60. The van der Waals surface area contributed by atoms with Crippen LogP contribution in [0.1, 0.15) is 12.8 Å². The fourth-order valence-corrected chi connectivity index (χ4v) is 2.76. The lowest BCUT2D eigenvalue weighted by Crippen LogP contribution is -2.38. The first kappa shape index (κ1) is 21.7. The van der Waals surface area contributed by atoms with Crippen molar-refractivity contribution in [3.05, 3.63) is 24.3 Å². The minimum absolute atomic E-state index is 0.129. The summed E-state index contributed by atoms with van der Waals surface area (Å²) in [5, 5.41) is 8.52. The molecule has 0 spiro atoms. The first-order chi connectivity index (χ1) is 11.9. The average Bonchev–Trinajstić information content (AvgIpc) is 2.51. The molecule has 0 fully saturated rings. The topological polar surface area (TPSA) is 113 Å². The maximum atomic E-state index is 12.1. The normalized spacial score (nSPS) is 11.8. The Labute approximate surface area is 147 Å². The number of hydrogen-bond acceptors (Lipinski definition) is 5. The SMILES string of the molecule is CN(CCCC(=O)O)C(=O)CNS(=O)(=O)c1ccc(OC(F)(F)F)cc1. The van der Waals surface area contributed by atoms with Gasteiger partial charge in [0.05, 0.1) is 11.4 Å². The van der Waals surface area contributed by atoms with Gasteiger partial charge < -0.3 is 14.7 Å². The average molecular weight is 398 g/mol. The van der Waals surface area contributed by atoms with Gasteiger partial charge in [0.25, 0.3) is 0 Å². The van der Waals surface area contributed by atoms with Crippen LogP contribution in [0.15, 0.2) is 29.2 Å². The van der Waals surface area contributed by atoms with Crippen LogP contribution >= 0.6 is 0 Å². The number of ether oxygens (including phenoxy) is 1. The van der Waals surface area contributed by atoms with Crippen molar-refractivity contribution in [2.75, 3.05) is 20.1 Å². The van der Waals surface area contributed by atoms with E-state index in [1.807, 2.05) is 4.72 Å². The van der Waals surface area contributed by atoms with E-state index in [-0.39, 0.29) is 24.3 Å². The molecule has 0 aliphatic rings. The predicted molar refractivity (Wildman–Crippen MR) is 82.8 cm³/mol. The molecular formula is C14H17F3N2O6S. The van der Waals surface area contributed by atoms with E-state index in [0.717, 1.165) is 24.3 Å². The van der Waals surface area contributed by atoms with E-state index in [0.29, 0.717) is 0 Å². The number of rotatable bonds is 9. The molecule has 0 radical (unpaired) electrons. The van der Waals surface area contributed by atoms with Crippen LogP contribution in [0.25, 0.3) is 0 Å². The van der Waals surface area contributed by atoms with Gasteiger partial charge in [0.15, 0.2) is 0 Å². The molecule has 0 aromatic heterocycles. The second-order valence-electron chi connectivity index (χ2n) is 5.16. The zero-order valence-corrected chi connectivity index (χ0v) is 14.4. The van der Waals surface area contributed by atoms with Crippen LogP contribution in [0.2, 0.25) is 0 Å². The Kier molecular flexibility index (Phi) is 7.39. The predicted octanol–water partition coefficient (Wildman–Crippen LogP) is 1.19. The van der Waals surface area contributed by atoms with Gasteiger partial charge in [-0.05, 0) is 30.7 Å². The molecule has 0 saturated heterocycles. The van der Waals surface area contributed by atoms with E-state index in [9.17, 15) is 31.2 Å². The van der Waals surface area contributed by atoms with Crippen LogP contribution in [-0.4, -0.2) is 56.8 Å². The maximum Gasteiger partial charge on any atom is 0.573 e. The number of benzene rings is 1. The van der Waals surface area contributed by atoms with E-state index < -0.39 is 40.6 Å². The van der Waals surface area contributed by atoms with Crippen LogP contribution in [0.5, 0.6) is 5.75 Å². The smallest absolute Gasteiger partial charge is 0.481 e. The molecule has 1 amide bonds. The quantitative estimate of drug-likeness (QED) is 0.646. The molecule has 1 aromatic rings. The number of aliphatic carboxylic acids is 1. The standard InChI is InChI=1S/C14H17F3N2O6S/c1-19(8-2-3-13(21)22)12(20)9-18-26(23,24)11-6-4-10(5-7-11)25-14(15,16)17/h4-7,18H,2-3,8-9H2,1H3,(H,21,22). The number of carboxylic acids is 1. The van der Waals surface area contributed by atoms with Crippen LogP contribution < -0.4 is 9.46 Å². The zero-order valence-electron chi connectivity index (χ0n) is 13.6. The van der Waals surface area contributed by atoms with Gasteiger partial charge in [0.1, 0.15) is 5.75 Å². The first-order valence-electron chi connectivity index (χ1n) is 7.22. The molecule has 0 aliphatic carbocycles. The fourth-order valence-electron chi connectivity index (χ4n) is 1.79. The van der Waals surface area contributed by atoms with E-state index in [1.165, 1.54) is 11.9 Å². The number of halogens is 3. The van der Waals surface area contributed by atoms with Gasteiger partial charge in [0.2, 0.25) is 15.9 Å². The van der Waals surface area contributed by atoms with Crippen molar-refractivity contribution in [2.45, 2.75) is 24.1 Å². The summed E-state index contributed by atoms with van der Waals surface area (Å²) in [5.41, 5.74) is 0. The van der Waals surface area contributed by atoms with Crippen LogP contribution in [-0.2, 0) is 19.6 Å². The van der Waals surface area contributed by atoms with Gasteiger partial charge in [0, 0.05) is 20.0 Å². The van der Waals surface area contributed by atoms with Gasteiger partial charge in [-0.15, -0.1) is 13.2 Å².